The summed E-state index contributed by atoms with van der Waals surface area (Å²) in [4.78, 5) is 36.5. The minimum atomic E-state index is -2.91. The van der Waals surface area contributed by atoms with Gasteiger partial charge in [0, 0.05) is 28.7 Å². The van der Waals surface area contributed by atoms with Gasteiger partial charge >= 0.3 is 18.2 Å². The van der Waals surface area contributed by atoms with Crippen molar-refractivity contribution in [2.75, 3.05) is 6.61 Å². The molecule has 0 saturated carbocycles. The summed E-state index contributed by atoms with van der Waals surface area (Å²) in [6, 6.07) is 8.85. The first-order valence-electron chi connectivity index (χ1n) is 9.64. The average molecular weight is 445 g/mol. The molecule has 0 aliphatic heterocycles. The Hall–Kier alpha value is -3.75. The molecule has 7 nitrogen and oxygen atoms in total. The molecule has 0 aliphatic rings. The molecule has 0 aliphatic carbocycles. The molecule has 2 aromatic heterocycles. The van der Waals surface area contributed by atoms with E-state index in [9.17, 15) is 23.2 Å². The van der Waals surface area contributed by atoms with Gasteiger partial charge in [-0.15, -0.1) is 0 Å². The number of alkyl halides is 2. The quantitative estimate of drug-likeness (QED) is 0.398. The Labute approximate surface area is 182 Å². The predicted octanol–water partition coefficient (Wildman–Crippen LogP) is 4.31. The van der Waals surface area contributed by atoms with Crippen molar-refractivity contribution in [1.82, 2.24) is 4.57 Å². The number of rotatable bonds is 7. The summed E-state index contributed by atoms with van der Waals surface area (Å²) < 4.78 is 40.9. The molecule has 3 aromatic rings. The fourth-order valence-electron chi connectivity index (χ4n) is 3.56. The van der Waals surface area contributed by atoms with Crippen LogP contribution in [0.25, 0.3) is 5.69 Å². The normalized spacial score (nSPS) is 11.0. The number of carbonyl (C=O) groups is 2. The van der Waals surface area contributed by atoms with Gasteiger partial charge in [-0.3, -0.25) is 4.79 Å². The third-order valence-corrected chi connectivity index (χ3v) is 4.92. The molecule has 0 saturated heterocycles. The van der Waals surface area contributed by atoms with Crippen LogP contribution >= 0.6 is 0 Å². The van der Waals surface area contributed by atoms with Gasteiger partial charge in [0.1, 0.15) is 17.1 Å². The molecule has 1 aromatic carbocycles. The second-order valence-electron chi connectivity index (χ2n) is 7.17. The van der Waals surface area contributed by atoms with E-state index in [2.05, 4.69) is 4.74 Å². The Morgan fingerprint density at radius 1 is 1.06 bits per heavy atom. The van der Waals surface area contributed by atoms with Crippen molar-refractivity contribution in [3.8, 4) is 11.4 Å². The number of benzene rings is 1. The number of aryl methyl sites for hydroxylation is 3. The van der Waals surface area contributed by atoms with Crippen LogP contribution < -0.4 is 10.4 Å². The third-order valence-electron chi connectivity index (χ3n) is 4.92. The van der Waals surface area contributed by atoms with Crippen molar-refractivity contribution in [3.05, 3.63) is 80.7 Å². The lowest BCUT2D eigenvalue weighted by molar-refractivity contribution is -0.0498. The number of halogens is 2. The topological polar surface area (TPSA) is 87.7 Å². The summed E-state index contributed by atoms with van der Waals surface area (Å²) >= 11 is 0. The van der Waals surface area contributed by atoms with E-state index in [4.69, 9.17) is 9.15 Å². The second-order valence-corrected chi connectivity index (χ2v) is 7.17. The van der Waals surface area contributed by atoms with Gasteiger partial charge in [0.25, 0.3) is 0 Å². The molecule has 0 radical (unpaired) electrons. The molecule has 32 heavy (non-hydrogen) atoms. The number of esters is 1. The Balaban J connectivity index is 1.77. The van der Waals surface area contributed by atoms with Crippen molar-refractivity contribution >= 4 is 11.8 Å². The zero-order chi connectivity index (χ0) is 23.6. The lowest BCUT2D eigenvalue weighted by Gasteiger charge is -2.11. The number of nitrogens with zero attached hydrogens (tertiary/aromatic N) is 1. The molecular weight excluding hydrogens is 424 g/mol. The summed E-state index contributed by atoms with van der Waals surface area (Å²) in [7, 11) is 0. The SMILES string of the molecule is Cc1cc(=O)oc(C)c1C(=O)OCC(=O)c1cc(C)n(-c2ccc(OC(F)F)cc2)c1C. The lowest BCUT2D eigenvalue weighted by Crippen LogP contribution is -2.18. The van der Waals surface area contributed by atoms with Gasteiger partial charge in [0.15, 0.2) is 6.61 Å². The van der Waals surface area contributed by atoms with Crippen molar-refractivity contribution in [1.29, 1.82) is 0 Å². The summed E-state index contributed by atoms with van der Waals surface area (Å²) in [6.07, 6.45) is 0. The summed E-state index contributed by atoms with van der Waals surface area (Å²) in [5, 5.41) is 0. The molecule has 168 valence electrons. The van der Waals surface area contributed by atoms with Gasteiger partial charge in [-0.1, -0.05) is 0 Å². The van der Waals surface area contributed by atoms with Crippen LogP contribution in [-0.4, -0.2) is 29.5 Å². The first-order valence-corrected chi connectivity index (χ1v) is 9.64. The first kappa shape index (κ1) is 22.9. The van der Waals surface area contributed by atoms with Crippen LogP contribution in [-0.2, 0) is 4.74 Å². The molecule has 0 bridgehead atoms. The Morgan fingerprint density at radius 2 is 1.72 bits per heavy atom. The van der Waals surface area contributed by atoms with E-state index < -0.39 is 30.6 Å². The Bertz CT molecular complexity index is 1200. The van der Waals surface area contributed by atoms with E-state index in [-0.39, 0.29) is 17.1 Å². The number of Topliss-reactive ketones (excluding diaryl/α,β-unsaturated/α-hetero) is 1. The van der Waals surface area contributed by atoms with Gasteiger partial charge in [-0.25, -0.2) is 9.59 Å². The molecular formula is C23H21F2NO6. The standard InChI is InChI=1S/C23H21F2NO6/c1-12-9-20(28)31-15(4)21(12)22(29)30-11-19(27)18-10-13(2)26(14(18)3)16-5-7-17(8-6-16)32-23(24)25/h5-10,23H,11H2,1-4H3. The number of aromatic nitrogens is 1. The largest absolute Gasteiger partial charge is 0.454 e. The first-order chi connectivity index (χ1) is 15.1. The van der Waals surface area contributed by atoms with Crippen molar-refractivity contribution in [2.24, 2.45) is 0 Å². The molecule has 0 spiro atoms. The highest BCUT2D eigenvalue weighted by atomic mass is 19.3. The minimum absolute atomic E-state index is 0.0248. The maximum absolute atomic E-state index is 12.7. The van der Waals surface area contributed by atoms with Gasteiger partial charge in [-0.05, 0) is 63.6 Å². The maximum atomic E-state index is 12.7. The van der Waals surface area contributed by atoms with Crippen LogP contribution in [0.5, 0.6) is 5.75 Å². The molecule has 0 atom stereocenters. The zero-order valence-corrected chi connectivity index (χ0v) is 17.9. The number of hydrogen-bond acceptors (Lipinski definition) is 6. The molecule has 2 heterocycles. The predicted molar refractivity (Wildman–Crippen MR) is 111 cm³/mol. The van der Waals surface area contributed by atoms with Gasteiger partial charge in [-0.2, -0.15) is 8.78 Å². The van der Waals surface area contributed by atoms with E-state index in [1.54, 1.807) is 43.5 Å². The fraction of sp³-hybridized carbons (Fsp3) is 0.261. The highest BCUT2D eigenvalue weighted by Crippen LogP contribution is 2.24. The Morgan fingerprint density at radius 3 is 2.31 bits per heavy atom. The zero-order valence-electron chi connectivity index (χ0n) is 17.9. The van der Waals surface area contributed by atoms with Crippen LogP contribution in [0.1, 0.15) is 43.4 Å². The van der Waals surface area contributed by atoms with E-state index in [1.807, 2.05) is 0 Å². The Kier molecular flexibility index (Phi) is 6.57. The molecule has 0 fully saturated rings. The van der Waals surface area contributed by atoms with Crippen LogP contribution in [0.2, 0.25) is 0 Å². The third kappa shape index (κ3) is 4.77. The van der Waals surface area contributed by atoms with Crippen LogP contribution in [0, 0.1) is 27.7 Å². The summed E-state index contributed by atoms with van der Waals surface area (Å²) in [5.41, 5.74) is 2.27. The number of ketones is 1. The van der Waals surface area contributed by atoms with E-state index in [0.717, 1.165) is 5.69 Å². The highest BCUT2D eigenvalue weighted by molar-refractivity contribution is 6.01. The minimum Gasteiger partial charge on any atom is -0.454 e. The van der Waals surface area contributed by atoms with Gasteiger partial charge < -0.3 is 18.5 Å². The second kappa shape index (κ2) is 9.17. The summed E-state index contributed by atoms with van der Waals surface area (Å²) in [6.45, 7) is 3.15. The van der Waals surface area contributed by atoms with Crippen molar-refractivity contribution in [3.63, 3.8) is 0 Å². The van der Waals surface area contributed by atoms with Crippen LogP contribution in [0.15, 0.2) is 45.6 Å². The lowest BCUT2D eigenvalue weighted by atomic mass is 10.1. The van der Waals surface area contributed by atoms with Crippen molar-refractivity contribution < 1.29 is 32.3 Å². The van der Waals surface area contributed by atoms with E-state index >= 15 is 0 Å². The van der Waals surface area contributed by atoms with E-state index in [0.29, 0.717) is 22.5 Å². The highest BCUT2D eigenvalue weighted by Gasteiger charge is 2.21. The fourth-order valence-corrected chi connectivity index (χ4v) is 3.56. The van der Waals surface area contributed by atoms with Crippen molar-refractivity contribution in [2.45, 2.75) is 34.3 Å². The molecule has 0 amide bonds. The number of carbonyl (C=O) groups excluding carboxylic acids is 2. The van der Waals surface area contributed by atoms with Crippen LogP contribution in [0.3, 0.4) is 0 Å². The molecule has 3 rings (SSSR count). The molecule has 9 heteroatoms. The monoisotopic (exact) mass is 445 g/mol. The van der Waals surface area contributed by atoms with Gasteiger partial charge in [0.05, 0.1) is 0 Å². The number of ether oxygens (including phenoxy) is 2. The molecule has 0 unspecified atom stereocenters. The maximum Gasteiger partial charge on any atom is 0.387 e. The van der Waals surface area contributed by atoms with E-state index in [1.165, 1.54) is 25.1 Å². The average Bonchev–Trinajstić information content (AvgIpc) is 3.00. The molecule has 0 N–H and O–H groups in total. The number of hydrogen-bond donors (Lipinski definition) is 0. The smallest absolute Gasteiger partial charge is 0.387 e. The van der Waals surface area contributed by atoms with Gasteiger partial charge in [0.2, 0.25) is 5.78 Å². The summed E-state index contributed by atoms with van der Waals surface area (Å²) in [5.74, 6) is -1.04. The van der Waals surface area contributed by atoms with Crippen LogP contribution in [0.4, 0.5) is 8.78 Å².